The van der Waals surface area contributed by atoms with Crippen LogP contribution in [-0.4, -0.2) is 31.3 Å². The summed E-state index contributed by atoms with van der Waals surface area (Å²) in [6, 6.07) is 3.74. The van der Waals surface area contributed by atoms with Crippen LogP contribution in [0.25, 0.3) is 0 Å². The molecule has 2 aromatic rings. The number of hydrogen-bond acceptors (Lipinski definition) is 7. The van der Waals surface area contributed by atoms with E-state index in [9.17, 15) is 18.5 Å². The smallest absolute Gasteiger partial charge is 0.270 e. The van der Waals surface area contributed by atoms with Crippen molar-refractivity contribution in [3.63, 3.8) is 0 Å². The van der Waals surface area contributed by atoms with Gasteiger partial charge in [0.1, 0.15) is 5.76 Å². The van der Waals surface area contributed by atoms with Crippen molar-refractivity contribution in [3.05, 3.63) is 45.3 Å². The Morgan fingerprint density at radius 2 is 2.04 bits per heavy atom. The van der Waals surface area contributed by atoms with Crippen LogP contribution in [0, 0.1) is 24.0 Å². The molecule has 1 N–H and O–H groups in total. The number of aromatic nitrogens is 1. The van der Waals surface area contributed by atoms with Crippen molar-refractivity contribution in [2.75, 3.05) is 18.1 Å². The Hall–Kier alpha value is -2.42. The molecule has 0 amide bonds. The molecule has 0 aliphatic heterocycles. The van der Waals surface area contributed by atoms with Crippen molar-refractivity contribution in [3.8, 4) is 0 Å². The molecular formula is C14H17N3O5S. The van der Waals surface area contributed by atoms with E-state index < -0.39 is 14.8 Å². The number of nitro benzene ring substituents is 1. The van der Waals surface area contributed by atoms with Gasteiger partial charge in [-0.15, -0.1) is 0 Å². The van der Waals surface area contributed by atoms with Crippen LogP contribution in [0.4, 0.5) is 11.4 Å². The van der Waals surface area contributed by atoms with Crippen molar-refractivity contribution < 1.29 is 17.9 Å². The number of sulfone groups is 1. The molecule has 9 heteroatoms. The first-order chi connectivity index (χ1) is 10.7. The normalized spacial score (nSPS) is 11.4. The van der Waals surface area contributed by atoms with Gasteiger partial charge in [0.25, 0.3) is 5.69 Å². The molecule has 1 heterocycles. The zero-order valence-electron chi connectivity index (χ0n) is 13.0. The lowest BCUT2D eigenvalue weighted by Crippen LogP contribution is -2.10. The summed E-state index contributed by atoms with van der Waals surface area (Å²) in [6.07, 6.45) is 1.62. The van der Waals surface area contributed by atoms with Crippen LogP contribution in [-0.2, 0) is 16.3 Å². The summed E-state index contributed by atoms with van der Waals surface area (Å²) >= 11 is 0. The van der Waals surface area contributed by atoms with Gasteiger partial charge in [0.2, 0.25) is 0 Å². The van der Waals surface area contributed by atoms with Crippen LogP contribution in [0.2, 0.25) is 0 Å². The van der Waals surface area contributed by atoms with Crippen molar-refractivity contribution in [1.82, 2.24) is 5.16 Å². The molecule has 0 saturated carbocycles. The van der Waals surface area contributed by atoms with E-state index in [2.05, 4.69) is 10.5 Å². The van der Waals surface area contributed by atoms with Crippen molar-refractivity contribution in [2.45, 2.75) is 25.2 Å². The number of hydrogen-bond donors (Lipinski definition) is 1. The topological polar surface area (TPSA) is 115 Å². The van der Waals surface area contributed by atoms with Gasteiger partial charge in [-0.05, 0) is 26.3 Å². The molecule has 1 aromatic heterocycles. The number of non-ortho nitro benzene ring substituents is 1. The maximum atomic E-state index is 11.8. The summed E-state index contributed by atoms with van der Waals surface area (Å²) in [5.74, 6) is 0.719. The minimum atomic E-state index is -3.59. The molecule has 1 aromatic carbocycles. The van der Waals surface area contributed by atoms with Gasteiger partial charge in [0.15, 0.2) is 9.84 Å². The first-order valence-electron chi connectivity index (χ1n) is 6.84. The third-order valence-corrected chi connectivity index (χ3v) is 4.58. The second-order valence-corrected chi connectivity index (χ2v) is 7.17. The van der Waals surface area contributed by atoms with E-state index in [0.29, 0.717) is 18.7 Å². The first-order valence-corrected chi connectivity index (χ1v) is 8.73. The van der Waals surface area contributed by atoms with Gasteiger partial charge in [-0.1, -0.05) is 5.16 Å². The predicted octanol–water partition coefficient (Wildman–Crippen LogP) is 2.26. The summed E-state index contributed by atoms with van der Waals surface area (Å²) in [5.41, 5.74) is 1.82. The Labute approximate surface area is 133 Å². The number of aryl methyl sites for hydroxylation is 2. The van der Waals surface area contributed by atoms with E-state index in [-0.39, 0.29) is 10.6 Å². The summed E-state index contributed by atoms with van der Waals surface area (Å²) < 4.78 is 28.8. The molecule has 0 saturated heterocycles. The number of rotatable bonds is 6. The van der Waals surface area contributed by atoms with Gasteiger partial charge in [0, 0.05) is 30.5 Å². The Morgan fingerprint density at radius 3 is 2.57 bits per heavy atom. The third kappa shape index (κ3) is 3.86. The first kappa shape index (κ1) is 16.9. The predicted molar refractivity (Wildman–Crippen MR) is 84.4 cm³/mol. The van der Waals surface area contributed by atoms with Gasteiger partial charge in [0.05, 0.1) is 21.2 Å². The fourth-order valence-electron chi connectivity index (χ4n) is 2.26. The van der Waals surface area contributed by atoms with Crippen LogP contribution in [0.15, 0.2) is 27.6 Å². The summed E-state index contributed by atoms with van der Waals surface area (Å²) in [5, 5.41) is 17.7. The average molecular weight is 339 g/mol. The summed E-state index contributed by atoms with van der Waals surface area (Å²) in [4.78, 5) is 10.1. The number of nitrogens with one attached hydrogen (secondary N) is 1. The van der Waals surface area contributed by atoms with Gasteiger partial charge in [-0.25, -0.2) is 8.42 Å². The zero-order chi connectivity index (χ0) is 17.2. The Kier molecular flexibility index (Phi) is 4.69. The van der Waals surface area contributed by atoms with Gasteiger partial charge >= 0.3 is 0 Å². The molecule has 0 aliphatic carbocycles. The van der Waals surface area contributed by atoms with Crippen LogP contribution in [0.5, 0.6) is 0 Å². The molecule has 0 bridgehead atoms. The van der Waals surface area contributed by atoms with Gasteiger partial charge in [-0.3, -0.25) is 10.1 Å². The molecule has 2 rings (SSSR count). The molecule has 23 heavy (non-hydrogen) atoms. The largest absolute Gasteiger partial charge is 0.384 e. The van der Waals surface area contributed by atoms with E-state index in [1.54, 1.807) is 0 Å². The highest BCUT2D eigenvalue weighted by Gasteiger charge is 2.18. The highest BCUT2D eigenvalue weighted by Crippen LogP contribution is 2.26. The van der Waals surface area contributed by atoms with Gasteiger partial charge in [-0.2, -0.15) is 0 Å². The second kappa shape index (κ2) is 6.37. The SMILES string of the molecule is Cc1noc(C)c1CCNc1ccc([N+](=O)[O-])cc1S(C)(=O)=O. The van der Waals surface area contributed by atoms with Crippen LogP contribution in [0.3, 0.4) is 0 Å². The van der Waals surface area contributed by atoms with Crippen LogP contribution < -0.4 is 5.32 Å². The quantitative estimate of drug-likeness (QED) is 0.634. The summed E-state index contributed by atoms with van der Waals surface area (Å²) in [6.45, 7) is 4.09. The Bertz CT molecular complexity index is 823. The van der Waals surface area contributed by atoms with Crippen molar-refractivity contribution in [1.29, 1.82) is 0 Å². The molecule has 124 valence electrons. The van der Waals surface area contributed by atoms with Gasteiger partial charge < -0.3 is 9.84 Å². The lowest BCUT2D eigenvalue weighted by molar-refractivity contribution is -0.385. The van der Waals surface area contributed by atoms with E-state index in [1.165, 1.54) is 12.1 Å². The monoisotopic (exact) mass is 339 g/mol. The summed E-state index contributed by atoms with van der Waals surface area (Å²) in [7, 11) is -3.59. The Balaban J connectivity index is 2.21. The molecule has 0 unspecified atom stereocenters. The number of benzene rings is 1. The highest BCUT2D eigenvalue weighted by molar-refractivity contribution is 7.90. The van der Waals surface area contributed by atoms with Crippen LogP contribution in [0.1, 0.15) is 17.0 Å². The van der Waals surface area contributed by atoms with Crippen molar-refractivity contribution >= 4 is 21.2 Å². The molecule has 8 nitrogen and oxygen atoms in total. The molecular weight excluding hydrogens is 322 g/mol. The molecule has 0 aliphatic rings. The lowest BCUT2D eigenvalue weighted by Gasteiger charge is -2.10. The minimum Gasteiger partial charge on any atom is -0.384 e. The minimum absolute atomic E-state index is 0.0922. The third-order valence-electron chi connectivity index (χ3n) is 3.45. The zero-order valence-corrected chi connectivity index (χ0v) is 13.8. The van der Waals surface area contributed by atoms with E-state index in [0.717, 1.165) is 29.3 Å². The van der Waals surface area contributed by atoms with E-state index in [1.807, 2.05) is 13.8 Å². The van der Waals surface area contributed by atoms with E-state index >= 15 is 0 Å². The molecule has 0 atom stereocenters. The number of nitro groups is 1. The lowest BCUT2D eigenvalue weighted by atomic mass is 10.1. The highest BCUT2D eigenvalue weighted by atomic mass is 32.2. The maximum absolute atomic E-state index is 11.8. The molecule has 0 spiro atoms. The van der Waals surface area contributed by atoms with E-state index in [4.69, 9.17) is 4.52 Å². The molecule has 0 fully saturated rings. The average Bonchev–Trinajstić information content (AvgIpc) is 2.78. The maximum Gasteiger partial charge on any atom is 0.270 e. The number of anilines is 1. The van der Waals surface area contributed by atoms with Crippen molar-refractivity contribution in [2.24, 2.45) is 0 Å². The Morgan fingerprint density at radius 1 is 1.35 bits per heavy atom. The standard InChI is InChI=1S/C14H17N3O5S/c1-9-12(10(2)22-16-9)6-7-15-13-5-4-11(17(18)19)8-14(13)23(3,20)21/h4-5,8,15H,6-7H2,1-3H3. The fraction of sp³-hybridized carbons (Fsp3) is 0.357. The number of nitrogens with zero attached hydrogens (tertiary/aromatic N) is 2. The molecule has 0 radical (unpaired) electrons. The second-order valence-electron chi connectivity index (χ2n) is 5.19. The van der Waals surface area contributed by atoms with Crippen LogP contribution >= 0.6 is 0 Å². The fourth-order valence-corrected chi connectivity index (χ4v) is 3.13.